The number of anilines is 3. The van der Waals surface area contributed by atoms with E-state index in [-0.39, 0.29) is 5.41 Å². The Kier molecular flexibility index (Phi) is 7.04. The maximum Gasteiger partial charge on any atom is 0.0543 e. The van der Waals surface area contributed by atoms with E-state index in [4.69, 9.17) is 0 Å². The topological polar surface area (TPSA) is 3.24 Å². The van der Waals surface area contributed by atoms with E-state index in [1.807, 2.05) is 0 Å². The highest BCUT2D eigenvalue weighted by atomic mass is 15.1. The second-order valence-electron chi connectivity index (χ2n) is 16.4. The first-order valence-corrected chi connectivity index (χ1v) is 20.3. The van der Waals surface area contributed by atoms with Crippen molar-refractivity contribution < 1.29 is 0 Å². The van der Waals surface area contributed by atoms with Gasteiger partial charge in [-0.25, -0.2) is 0 Å². The van der Waals surface area contributed by atoms with Crippen LogP contribution in [0.4, 0.5) is 17.1 Å². The molecule has 1 nitrogen and oxygen atoms in total. The second kappa shape index (κ2) is 12.4. The summed E-state index contributed by atoms with van der Waals surface area (Å²) in [6.07, 6.45) is 0. The van der Waals surface area contributed by atoms with Crippen LogP contribution >= 0.6 is 0 Å². The number of fused-ring (bicyclic) bond motifs is 7. The molecule has 272 valence electrons. The molecular formula is C57H39N. The molecule has 1 heteroatoms. The zero-order chi connectivity index (χ0) is 38.5. The SMILES string of the molecule is CC1(C)c2ccccc2-c2c(N(c3ccc(-c4ccccc4)cc3)c3ccc(-c4ccc5c(c4)-c4c6cccc4-c4cccc-5c4-c4ccccc4-6)cc3)cccc21. The Bertz CT molecular complexity index is 3090. The van der Waals surface area contributed by atoms with E-state index in [1.165, 1.54) is 106 Å². The zero-order valence-electron chi connectivity index (χ0n) is 32.5. The van der Waals surface area contributed by atoms with E-state index in [0.717, 1.165) is 11.4 Å². The van der Waals surface area contributed by atoms with Crippen molar-refractivity contribution in [3.8, 4) is 89.0 Å². The summed E-state index contributed by atoms with van der Waals surface area (Å²) in [7, 11) is 0. The van der Waals surface area contributed by atoms with Crippen LogP contribution in [0, 0.1) is 0 Å². The minimum atomic E-state index is -0.0946. The van der Waals surface area contributed by atoms with Gasteiger partial charge in [-0.3, -0.25) is 0 Å². The molecule has 6 bridgehead atoms. The van der Waals surface area contributed by atoms with Crippen molar-refractivity contribution in [2.24, 2.45) is 0 Å². The van der Waals surface area contributed by atoms with Crippen LogP contribution in [0.3, 0.4) is 0 Å². The fourth-order valence-electron chi connectivity index (χ4n) is 10.3. The molecule has 9 aromatic carbocycles. The molecule has 12 rings (SSSR count). The Morgan fingerprint density at radius 1 is 0.293 bits per heavy atom. The van der Waals surface area contributed by atoms with E-state index in [9.17, 15) is 0 Å². The first-order valence-electron chi connectivity index (χ1n) is 20.3. The van der Waals surface area contributed by atoms with E-state index in [1.54, 1.807) is 0 Å². The molecule has 0 aliphatic heterocycles. The first-order chi connectivity index (χ1) is 28.5. The minimum Gasteiger partial charge on any atom is -0.310 e. The zero-order valence-corrected chi connectivity index (χ0v) is 32.5. The lowest BCUT2D eigenvalue weighted by Gasteiger charge is -2.29. The average molecular weight is 738 g/mol. The summed E-state index contributed by atoms with van der Waals surface area (Å²) < 4.78 is 0. The highest BCUT2D eigenvalue weighted by Gasteiger charge is 2.38. The maximum atomic E-state index is 2.45. The number of hydrogen-bond donors (Lipinski definition) is 0. The van der Waals surface area contributed by atoms with Crippen LogP contribution in [0.25, 0.3) is 89.0 Å². The Labute approximate surface area is 340 Å². The molecule has 3 aliphatic carbocycles. The highest BCUT2D eigenvalue weighted by Crippen LogP contribution is 2.58. The lowest BCUT2D eigenvalue weighted by molar-refractivity contribution is 0.660. The van der Waals surface area contributed by atoms with Gasteiger partial charge in [0.05, 0.1) is 5.69 Å². The summed E-state index contributed by atoms with van der Waals surface area (Å²) in [5.74, 6) is 0. The van der Waals surface area contributed by atoms with Crippen molar-refractivity contribution in [1.29, 1.82) is 0 Å². The molecular weight excluding hydrogens is 699 g/mol. The average Bonchev–Trinajstić information content (AvgIpc) is 3.45. The number of benzene rings is 9. The predicted octanol–water partition coefficient (Wildman–Crippen LogP) is 15.8. The van der Waals surface area contributed by atoms with Crippen LogP contribution in [-0.4, -0.2) is 0 Å². The first kappa shape index (κ1) is 33.0. The standard InChI is InChI=1S/C57H39N/c1-57(2)51-22-9-8-17-49(51)56-52(57)23-12-24-53(56)58(40-30-25-37(26-31-40)36-13-4-3-5-14-36)41-32-27-38(28-33-41)39-29-34-43-46-19-11-20-47-48-21-10-18-45(55(48)50(43)35-39)42-15-6-7-16-44(42)54(46)47/h3-35H,1-2H3. The van der Waals surface area contributed by atoms with E-state index >= 15 is 0 Å². The third-order valence-corrected chi connectivity index (χ3v) is 13.0. The van der Waals surface area contributed by atoms with Crippen molar-refractivity contribution in [1.82, 2.24) is 0 Å². The summed E-state index contributed by atoms with van der Waals surface area (Å²) in [5, 5.41) is 0. The number of nitrogens with zero attached hydrogens (tertiary/aromatic N) is 1. The van der Waals surface area contributed by atoms with Gasteiger partial charge in [0, 0.05) is 22.4 Å². The molecule has 0 saturated carbocycles. The van der Waals surface area contributed by atoms with Crippen LogP contribution in [0.1, 0.15) is 25.0 Å². The maximum absolute atomic E-state index is 2.45. The molecule has 0 unspecified atom stereocenters. The van der Waals surface area contributed by atoms with Gasteiger partial charge in [-0.05, 0) is 131 Å². The summed E-state index contributed by atoms with van der Waals surface area (Å²) in [6, 6.07) is 74.4. The summed E-state index contributed by atoms with van der Waals surface area (Å²) in [4.78, 5) is 2.45. The van der Waals surface area contributed by atoms with Crippen molar-refractivity contribution in [3.63, 3.8) is 0 Å². The van der Waals surface area contributed by atoms with Crippen LogP contribution < -0.4 is 4.90 Å². The smallest absolute Gasteiger partial charge is 0.0543 e. The molecule has 0 N–H and O–H groups in total. The molecule has 9 aromatic rings. The number of rotatable bonds is 5. The Hall–Kier alpha value is -7.22. The largest absolute Gasteiger partial charge is 0.310 e. The van der Waals surface area contributed by atoms with Gasteiger partial charge in [-0.1, -0.05) is 178 Å². The normalized spacial score (nSPS) is 13.1. The van der Waals surface area contributed by atoms with Crippen LogP contribution in [0.5, 0.6) is 0 Å². The van der Waals surface area contributed by atoms with E-state index in [0.29, 0.717) is 0 Å². The molecule has 0 atom stereocenters. The van der Waals surface area contributed by atoms with Crippen molar-refractivity contribution in [2.75, 3.05) is 4.90 Å². The van der Waals surface area contributed by atoms with E-state index < -0.39 is 0 Å². The molecule has 0 spiro atoms. The lowest BCUT2D eigenvalue weighted by Crippen LogP contribution is -2.16. The molecule has 58 heavy (non-hydrogen) atoms. The Morgan fingerprint density at radius 2 is 0.741 bits per heavy atom. The summed E-state index contributed by atoms with van der Waals surface area (Å²) in [5.41, 5.74) is 26.7. The van der Waals surface area contributed by atoms with Gasteiger partial charge in [-0.2, -0.15) is 0 Å². The molecule has 0 amide bonds. The third kappa shape index (κ3) is 4.71. The Balaban J connectivity index is 1.00. The van der Waals surface area contributed by atoms with Gasteiger partial charge in [0.15, 0.2) is 0 Å². The van der Waals surface area contributed by atoms with Gasteiger partial charge in [0.2, 0.25) is 0 Å². The van der Waals surface area contributed by atoms with Gasteiger partial charge in [-0.15, -0.1) is 0 Å². The minimum absolute atomic E-state index is 0.0946. The molecule has 3 aliphatic rings. The molecule has 0 radical (unpaired) electrons. The van der Waals surface area contributed by atoms with Gasteiger partial charge < -0.3 is 4.90 Å². The summed E-state index contributed by atoms with van der Waals surface area (Å²) >= 11 is 0. The molecule has 0 fully saturated rings. The van der Waals surface area contributed by atoms with Gasteiger partial charge in [0.1, 0.15) is 0 Å². The molecule has 0 aromatic heterocycles. The second-order valence-corrected chi connectivity index (χ2v) is 16.4. The monoisotopic (exact) mass is 737 g/mol. The molecule has 0 heterocycles. The Morgan fingerprint density at radius 3 is 1.41 bits per heavy atom. The van der Waals surface area contributed by atoms with Crippen LogP contribution in [0.15, 0.2) is 200 Å². The number of hydrogen-bond acceptors (Lipinski definition) is 1. The van der Waals surface area contributed by atoms with Gasteiger partial charge >= 0.3 is 0 Å². The fraction of sp³-hybridized carbons (Fsp3) is 0.0526. The van der Waals surface area contributed by atoms with Gasteiger partial charge in [0.25, 0.3) is 0 Å². The van der Waals surface area contributed by atoms with Crippen LogP contribution in [-0.2, 0) is 5.41 Å². The van der Waals surface area contributed by atoms with Crippen molar-refractivity contribution in [2.45, 2.75) is 19.3 Å². The summed E-state index contributed by atoms with van der Waals surface area (Å²) in [6.45, 7) is 4.71. The highest BCUT2D eigenvalue weighted by molar-refractivity contribution is 6.15. The van der Waals surface area contributed by atoms with Crippen molar-refractivity contribution >= 4 is 17.1 Å². The quantitative estimate of drug-likeness (QED) is 0.170. The molecule has 0 saturated heterocycles. The van der Waals surface area contributed by atoms with E-state index in [2.05, 4.69) is 219 Å². The van der Waals surface area contributed by atoms with Crippen molar-refractivity contribution in [3.05, 3.63) is 211 Å². The lowest BCUT2D eigenvalue weighted by atomic mass is 9.82. The predicted molar refractivity (Wildman–Crippen MR) is 244 cm³/mol. The van der Waals surface area contributed by atoms with Crippen LogP contribution in [0.2, 0.25) is 0 Å². The fourth-order valence-corrected chi connectivity index (χ4v) is 10.3. The third-order valence-electron chi connectivity index (χ3n) is 13.0.